The monoisotopic (exact) mass is 420 g/mol. The van der Waals surface area contributed by atoms with Gasteiger partial charge in [0.1, 0.15) is 5.92 Å². The molecule has 0 bridgehead atoms. The van der Waals surface area contributed by atoms with Gasteiger partial charge in [-0.2, -0.15) is 5.26 Å². The Morgan fingerprint density at radius 2 is 1.83 bits per heavy atom. The van der Waals surface area contributed by atoms with Gasteiger partial charge in [0.05, 0.1) is 38.4 Å². The molecule has 1 aromatic heterocycles. The summed E-state index contributed by atoms with van der Waals surface area (Å²) in [4.78, 5) is 8.66. The first-order valence-corrected chi connectivity index (χ1v) is 9.37. The van der Waals surface area contributed by atoms with E-state index in [0.29, 0.717) is 28.1 Å². The average Bonchev–Trinajstić information content (AvgIpc) is 2.79. The molecule has 3 N–H and O–H groups in total. The summed E-state index contributed by atoms with van der Waals surface area (Å²) in [6.45, 7) is 0. The predicted molar refractivity (Wildman–Crippen MR) is 118 cm³/mol. The van der Waals surface area contributed by atoms with E-state index in [9.17, 15) is 5.26 Å². The molecule has 0 spiro atoms. The summed E-state index contributed by atoms with van der Waals surface area (Å²) in [6, 6.07) is 17.1. The second kappa shape index (κ2) is 10.0. The number of hydrogen-bond donors (Lipinski definition) is 3. The van der Waals surface area contributed by atoms with Crippen molar-refractivity contribution in [2.45, 2.75) is 5.92 Å². The van der Waals surface area contributed by atoms with Crippen molar-refractivity contribution in [2.24, 2.45) is 0 Å². The smallest absolute Gasteiger partial charge is 0.189 e. The largest absolute Gasteiger partial charge is 0.493 e. The van der Waals surface area contributed by atoms with Gasteiger partial charge in [0, 0.05) is 5.69 Å². The van der Waals surface area contributed by atoms with Gasteiger partial charge >= 0.3 is 0 Å². The fraction of sp³-hybridized carbons (Fsp3) is 0.143. The average molecular weight is 420 g/mol. The fourth-order valence-electron chi connectivity index (χ4n) is 2.73. The highest BCUT2D eigenvalue weighted by Crippen LogP contribution is 2.32. The van der Waals surface area contributed by atoms with Crippen LogP contribution in [0.4, 0.5) is 11.5 Å². The van der Waals surface area contributed by atoms with Gasteiger partial charge in [-0.05, 0) is 42.0 Å². The third-order valence-corrected chi connectivity index (χ3v) is 4.36. The van der Waals surface area contributed by atoms with Crippen LogP contribution in [0.25, 0.3) is 0 Å². The summed E-state index contributed by atoms with van der Waals surface area (Å²) in [6.07, 6.45) is 3.08. The Labute approximate surface area is 179 Å². The van der Waals surface area contributed by atoms with Crippen LogP contribution >= 0.6 is 12.2 Å². The lowest BCUT2D eigenvalue weighted by molar-refractivity contribution is 0.354. The second-order valence-electron chi connectivity index (χ2n) is 6.08. The molecule has 3 rings (SSSR count). The van der Waals surface area contributed by atoms with E-state index in [0.717, 1.165) is 11.3 Å². The van der Waals surface area contributed by atoms with Crippen LogP contribution in [-0.2, 0) is 0 Å². The lowest BCUT2D eigenvalue weighted by Crippen LogP contribution is -2.33. The van der Waals surface area contributed by atoms with Crippen molar-refractivity contribution in [2.75, 3.05) is 25.0 Å². The van der Waals surface area contributed by atoms with Crippen molar-refractivity contribution >= 4 is 28.8 Å². The highest BCUT2D eigenvalue weighted by atomic mass is 32.1. The Bertz CT molecular complexity index is 1050. The van der Waals surface area contributed by atoms with Crippen molar-refractivity contribution in [3.8, 4) is 17.6 Å². The molecule has 0 aliphatic carbocycles. The van der Waals surface area contributed by atoms with Crippen molar-refractivity contribution in [3.05, 3.63) is 72.2 Å². The van der Waals surface area contributed by atoms with E-state index in [1.165, 1.54) is 6.20 Å². The standard InChI is InChI=1S/C21H20N6O2S/c1-28-18-9-8-14(10-19(18)29-2)16(11-22)17-12-23-13-20(25-17)26-27-21(30)24-15-6-4-3-5-7-15/h3-10,12-13,16H,1-2H3,(H,25,26)(H2,24,27,30). The molecule has 8 nitrogen and oxygen atoms in total. The molecule has 2 aromatic carbocycles. The van der Waals surface area contributed by atoms with Crippen molar-refractivity contribution in [1.82, 2.24) is 15.4 Å². The Balaban J connectivity index is 1.72. The second-order valence-corrected chi connectivity index (χ2v) is 6.48. The lowest BCUT2D eigenvalue weighted by Gasteiger charge is -2.15. The number of nitrogens with one attached hydrogen (secondary N) is 3. The molecular weight excluding hydrogens is 400 g/mol. The Hall–Kier alpha value is -3.90. The minimum atomic E-state index is -0.631. The molecule has 0 amide bonds. The first-order valence-electron chi connectivity index (χ1n) is 8.96. The number of benzene rings is 2. The molecule has 152 valence electrons. The molecule has 9 heteroatoms. The molecule has 3 aromatic rings. The number of anilines is 2. The van der Waals surface area contributed by atoms with Gasteiger partial charge in [-0.3, -0.25) is 15.8 Å². The number of thiocarbonyl (C=S) groups is 1. The number of para-hydroxylation sites is 1. The van der Waals surface area contributed by atoms with Gasteiger partial charge in [0.25, 0.3) is 0 Å². The summed E-state index contributed by atoms with van der Waals surface area (Å²) < 4.78 is 10.6. The van der Waals surface area contributed by atoms with Crippen LogP contribution in [0.3, 0.4) is 0 Å². The van der Waals surface area contributed by atoms with E-state index in [1.807, 2.05) is 30.3 Å². The van der Waals surface area contributed by atoms with E-state index in [2.05, 4.69) is 32.2 Å². The van der Waals surface area contributed by atoms with Crippen LogP contribution in [0.1, 0.15) is 17.2 Å². The van der Waals surface area contributed by atoms with Crippen LogP contribution in [0.2, 0.25) is 0 Å². The number of methoxy groups -OCH3 is 2. The van der Waals surface area contributed by atoms with E-state index < -0.39 is 5.92 Å². The van der Waals surface area contributed by atoms with Crippen molar-refractivity contribution in [3.63, 3.8) is 0 Å². The molecule has 0 saturated carbocycles. The third kappa shape index (κ3) is 5.12. The summed E-state index contributed by atoms with van der Waals surface area (Å²) in [5, 5.41) is 13.1. The molecule has 0 radical (unpaired) electrons. The van der Waals surface area contributed by atoms with E-state index in [4.69, 9.17) is 21.7 Å². The number of nitriles is 1. The molecule has 0 saturated heterocycles. The minimum Gasteiger partial charge on any atom is -0.493 e. The minimum absolute atomic E-state index is 0.366. The van der Waals surface area contributed by atoms with Gasteiger partial charge in [0.2, 0.25) is 0 Å². The maximum absolute atomic E-state index is 9.74. The molecule has 0 fully saturated rings. The molecule has 1 heterocycles. The number of rotatable bonds is 7. The van der Waals surface area contributed by atoms with E-state index in [1.54, 1.807) is 38.6 Å². The van der Waals surface area contributed by atoms with Crippen LogP contribution in [-0.4, -0.2) is 29.3 Å². The van der Waals surface area contributed by atoms with Crippen LogP contribution in [0.15, 0.2) is 60.9 Å². The SMILES string of the molecule is COc1ccc(C(C#N)c2cncc(NNC(=S)Nc3ccccc3)n2)cc1OC. The van der Waals surface area contributed by atoms with Crippen LogP contribution in [0.5, 0.6) is 11.5 Å². The molecule has 0 aliphatic heterocycles. The zero-order valence-electron chi connectivity index (χ0n) is 16.4. The fourth-order valence-corrected chi connectivity index (χ4v) is 2.90. The van der Waals surface area contributed by atoms with Gasteiger partial charge in [-0.1, -0.05) is 24.3 Å². The van der Waals surface area contributed by atoms with E-state index >= 15 is 0 Å². The first-order chi connectivity index (χ1) is 14.6. The first kappa shape index (κ1) is 20.8. The predicted octanol–water partition coefficient (Wildman–Crippen LogP) is 3.46. The number of aromatic nitrogens is 2. The van der Waals surface area contributed by atoms with Crippen LogP contribution in [0, 0.1) is 11.3 Å². The van der Waals surface area contributed by atoms with Gasteiger partial charge in [-0.25, -0.2) is 4.98 Å². The zero-order valence-corrected chi connectivity index (χ0v) is 17.2. The lowest BCUT2D eigenvalue weighted by atomic mass is 9.97. The maximum Gasteiger partial charge on any atom is 0.189 e. The highest BCUT2D eigenvalue weighted by Gasteiger charge is 2.18. The summed E-state index contributed by atoms with van der Waals surface area (Å²) in [5.74, 6) is 0.915. The number of nitrogens with zero attached hydrogens (tertiary/aromatic N) is 3. The Kier molecular flexibility index (Phi) is 6.97. The summed E-state index contributed by atoms with van der Waals surface area (Å²) in [7, 11) is 3.11. The quantitative estimate of drug-likeness (QED) is 0.391. The van der Waals surface area contributed by atoms with Gasteiger partial charge in [-0.15, -0.1) is 0 Å². The number of hydrogen-bond acceptors (Lipinski definition) is 7. The number of hydrazine groups is 1. The topological polar surface area (TPSA) is 104 Å². The van der Waals surface area contributed by atoms with Crippen molar-refractivity contribution < 1.29 is 9.47 Å². The van der Waals surface area contributed by atoms with Gasteiger partial charge < -0.3 is 14.8 Å². The van der Waals surface area contributed by atoms with E-state index in [-0.39, 0.29) is 0 Å². The zero-order chi connectivity index (χ0) is 21.3. The summed E-state index contributed by atoms with van der Waals surface area (Å²) in [5.41, 5.74) is 7.81. The van der Waals surface area contributed by atoms with Gasteiger partial charge in [0.15, 0.2) is 22.4 Å². The van der Waals surface area contributed by atoms with Crippen molar-refractivity contribution in [1.29, 1.82) is 5.26 Å². The van der Waals surface area contributed by atoms with Crippen LogP contribution < -0.4 is 25.6 Å². The molecule has 1 unspecified atom stereocenters. The normalized spacial score (nSPS) is 11.0. The Morgan fingerprint density at radius 3 is 2.53 bits per heavy atom. The molecule has 0 aliphatic rings. The summed E-state index contributed by atoms with van der Waals surface area (Å²) >= 11 is 5.26. The molecular formula is C21H20N6O2S. The molecule has 1 atom stereocenters. The highest BCUT2D eigenvalue weighted by molar-refractivity contribution is 7.80. The molecule has 30 heavy (non-hydrogen) atoms. The number of ether oxygens (including phenoxy) is 2. The maximum atomic E-state index is 9.74. The third-order valence-electron chi connectivity index (χ3n) is 4.15. The Morgan fingerprint density at radius 1 is 1.07 bits per heavy atom.